The average Bonchev–Trinajstić information content (AvgIpc) is 2.79. The van der Waals surface area contributed by atoms with E-state index in [0.717, 1.165) is 18.6 Å². The molecule has 1 saturated carbocycles. The Kier molecular flexibility index (Phi) is 5.75. The molecule has 17 heavy (non-hydrogen) atoms. The van der Waals surface area contributed by atoms with Gasteiger partial charge in [0.15, 0.2) is 0 Å². The summed E-state index contributed by atoms with van der Waals surface area (Å²) in [5, 5.41) is 3.72. The van der Waals surface area contributed by atoms with Crippen LogP contribution in [0.1, 0.15) is 38.5 Å². The quantitative estimate of drug-likeness (QED) is 0.767. The molecule has 2 aliphatic rings. The van der Waals surface area contributed by atoms with E-state index in [-0.39, 0.29) is 0 Å². The monoisotopic (exact) mass is 240 g/mol. The van der Waals surface area contributed by atoms with E-state index in [9.17, 15) is 0 Å². The maximum absolute atomic E-state index is 5.23. The van der Waals surface area contributed by atoms with Crippen molar-refractivity contribution in [3.8, 4) is 0 Å². The number of hydrogen-bond acceptors (Lipinski definition) is 3. The van der Waals surface area contributed by atoms with E-state index in [1.807, 2.05) is 7.11 Å². The predicted octanol–water partition coefficient (Wildman–Crippen LogP) is 1.88. The predicted molar refractivity (Wildman–Crippen MR) is 71.3 cm³/mol. The smallest absolute Gasteiger partial charge is 0.0503 e. The zero-order chi connectivity index (χ0) is 11.9. The summed E-state index contributed by atoms with van der Waals surface area (Å²) in [6.45, 7) is 5.83. The molecule has 0 aromatic carbocycles. The molecule has 1 atom stereocenters. The largest absolute Gasteiger partial charge is 0.384 e. The Morgan fingerprint density at radius 1 is 1.18 bits per heavy atom. The molecular weight excluding hydrogens is 212 g/mol. The van der Waals surface area contributed by atoms with Crippen LogP contribution in [0.2, 0.25) is 0 Å². The van der Waals surface area contributed by atoms with Crippen LogP contribution in [0.25, 0.3) is 0 Å². The van der Waals surface area contributed by atoms with Gasteiger partial charge >= 0.3 is 0 Å². The second kappa shape index (κ2) is 7.34. The fourth-order valence-electron chi connectivity index (χ4n) is 3.22. The van der Waals surface area contributed by atoms with Gasteiger partial charge in [0.25, 0.3) is 0 Å². The summed E-state index contributed by atoms with van der Waals surface area (Å²) in [7, 11) is 1.81. The molecule has 1 saturated heterocycles. The van der Waals surface area contributed by atoms with Crippen molar-refractivity contribution < 1.29 is 4.74 Å². The van der Waals surface area contributed by atoms with Crippen LogP contribution < -0.4 is 5.32 Å². The maximum atomic E-state index is 5.23. The summed E-state index contributed by atoms with van der Waals surface area (Å²) in [6, 6.07) is 0.807. The zero-order valence-electron chi connectivity index (χ0n) is 11.3. The molecule has 1 heterocycles. The van der Waals surface area contributed by atoms with Gasteiger partial charge in [0.05, 0.1) is 6.61 Å². The molecule has 100 valence electrons. The van der Waals surface area contributed by atoms with Gasteiger partial charge in [-0.2, -0.15) is 0 Å². The molecule has 1 N–H and O–H groups in total. The van der Waals surface area contributed by atoms with Gasteiger partial charge in [-0.3, -0.25) is 0 Å². The molecule has 3 nitrogen and oxygen atoms in total. The highest BCUT2D eigenvalue weighted by atomic mass is 16.5. The van der Waals surface area contributed by atoms with Crippen LogP contribution in [0.15, 0.2) is 0 Å². The van der Waals surface area contributed by atoms with Gasteiger partial charge in [-0.05, 0) is 31.7 Å². The van der Waals surface area contributed by atoms with Crippen molar-refractivity contribution in [2.75, 3.05) is 39.9 Å². The van der Waals surface area contributed by atoms with Gasteiger partial charge in [0, 0.05) is 32.8 Å². The van der Waals surface area contributed by atoms with Crippen LogP contribution in [0.3, 0.4) is 0 Å². The first kappa shape index (κ1) is 13.3. The van der Waals surface area contributed by atoms with Crippen LogP contribution in [0.4, 0.5) is 0 Å². The van der Waals surface area contributed by atoms with Crippen molar-refractivity contribution in [2.24, 2.45) is 5.92 Å². The molecule has 1 aliphatic carbocycles. The van der Waals surface area contributed by atoms with E-state index >= 15 is 0 Å². The number of ether oxygens (including phenoxy) is 1. The Labute approximate surface area is 106 Å². The molecule has 0 spiro atoms. The SMILES string of the molecule is COCC1CCN(CCNC2CCCCC2)C1. The number of methoxy groups -OCH3 is 1. The lowest BCUT2D eigenvalue weighted by Crippen LogP contribution is -2.37. The average molecular weight is 240 g/mol. The van der Waals surface area contributed by atoms with E-state index < -0.39 is 0 Å². The molecule has 0 amide bonds. The number of nitrogens with one attached hydrogen (secondary N) is 1. The minimum Gasteiger partial charge on any atom is -0.384 e. The van der Waals surface area contributed by atoms with Gasteiger partial charge in [0.1, 0.15) is 0 Å². The fourth-order valence-corrected chi connectivity index (χ4v) is 3.22. The third-order valence-corrected chi connectivity index (χ3v) is 4.24. The van der Waals surface area contributed by atoms with E-state index in [0.29, 0.717) is 0 Å². The molecule has 0 bridgehead atoms. The standard InChI is InChI=1S/C14H28N2O/c1-17-12-13-7-9-16(11-13)10-8-15-14-5-3-2-4-6-14/h13-15H,2-12H2,1H3. The molecule has 2 rings (SSSR count). The first-order chi connectivity index (χ1) is 8.38. The molecule has 1 aliphatic heterocycles. The first-order valence-electron chi connectivity index (χ1n) is 7.33. The number of rotatable bonds is 6. The molecule has 3 heteroatoms. The van der Waals surface area contributed by atoms with Gasteiger partial charge in [-0.25, -0.2) is 0 Å². The number of hydrogen-bond donors (Lipinski definition) is 1. The molecule has 0 aromatic heterocycles. The van der Waals surface area contributed by atoms with Crippen LogP contribution in [-0.2, 0) is 4.74 Å². The van der Waals surface area contributed by atoms with Crippen LogP contribution in [-0.4, -0.2) is 50.8 Å². The van der Waals surface area contributed by atoms with Crippen molar-refractivity contribution in [1.82, 2.24) is 10.2 Å². The maximum Gasteiger partial charge on any atom is 0.0503 e. The topological polar surface area (TPSA) is 24.5 Å². The summed E-state index contributed by atoms with van der Waals surface area (Å²) in [6.07, 6.45) is 8.41. The molecule has 2 fully saturated rings. The van der Waals surface area contributed by atoms with Crippen molar-refractivity contribution in [3.63, 3.8) is 0 Å². The van der Waals surface area contributed by atoms with E-state index in [1.165, 1.54) is 64.7 Å². The van der Waals surface area contributed by atoms with Crippen molar-refractivity contribution >= 4 is 0 Å². The summed E-state index contributed by atoms with van der Waals surface area (Å²) in [4.78, 5) is 2.58. The second-order valence-electron chi connectivity index (χ2n) is 5.70. The second-order valence-corrected chi connectivity index (χ2v) is 5.70. The number of nitrogens with zero attached hydrogens (tertiary/aromatic N) is 1. The lowest BCUT2D eigenvalue weighted by atomic mass is 9.95. The normalized spacial score (nSPS) is 27.7. The zero-order valence-corrected chi connectivity index (χ0v) is 11.3. The third kappa shape index (κ3) is 4.57. The first-order valence-corrected chi connectivity index (χ1v) is 7.33. The van der Waals surface area contributed by atoms with Gasteiger partial charge < -0.3 is 15.0 Å². The van der Waals surface area contributed by atoms with Gasteiger partial charge in [0.2, 0.25) is 0 Å². The molecular formula is C14H28N2O. The van der Waals surface area contributed by atoms with Crippen molar-refractivity contribution in [2.45, 2.75) is 44.6 Å². The molecule has 0 radical (unpaired) electrons. The van der Waals surface area contributed by atoms with Gasteiger partial charge in [-0.15, -0.1) is 0 Å². The van der Waals surface area contributed by atoms with E-state index in [1.54, 1.807) is 0 Å². The van der Waals surface area contributed by atoms with Crippen molar-refractivity contribution in [3.05, 3.63) is 0 Å². The van der Waals surface area contributed by atoms with E-state index in [4.69, 9.17) is 4.74 Å². The van der Waals surface area contributed by atoms with Crippen LogP contribution >= 0.6 is 0 Å². The Morgan fingerprint density at radius 2 is 2.00 bits per heavy atom. The Hall–Kier alpha value is -0.120. The lowest BCUT2D eigenvalue weighted by Gasteiger charge is -2.24. The Bertz CT molecular complexity index is 204. The van der Waals surface area contributed by atoms with Crippen LogP contribution in [0.5, 0.6) is 0 Å². The fraction of sp³-hybridized carbons (Fsp3) is 1.00. The highest BCUT2D eigenvalue weighted by molar-refractivity contribution is 4.77. The lowest BCUT2D eigenvalue weighted by molar-refractivity contribution is 0.153. The molecule has 0 aromatic rings. The summed E-state index contributed by atoms with van der Waals surface area (Å²) in [5.41, 5.74) is 0. The highest BCUT2D eigenvalue weighted by Crippen LogP contribution is 2.18. The summed E-state index contributed by atoms with van der Waals surface area (Å²) >= 11 is 0. The van der Waals surface area contributed by atoms with E-state index in [2.05, 4.69) is 10.2 Å². The van der Waals surface area contributed by atoms with Gasteiger partial charge in [-0.1, -0.05) is 19.3 Å². The van der Waals surface area contributed by atoms with Crippen LogP contribution in [0, 0.1) is 5.92 Å². The highest BCUT2D eigenvalue weighted by Gasteiger charge is 2.22. The van der Waals surface area contributed by atoms with Crippen molar-refractivity contribution in [1.29, 1.82) is 0 Å². The molecule has 1 unspecified atom stereocenters. The number of likely N-dealkylation sites (tertiary alicyclic amines) is 1. The summed E-state index contributed by atoms with van der Waals surface area (Å²) in [5.74, 6) is 0.773. The Balaban J connectivity index is 1.53. The minimum atomic E-state index is 0.773. The summed E-state index contributed by atoms with van der Waals surface area (Å²) < 4.78 is 5.23. The third-order valence-electron chi connectivity index (χ3n) is 4.24. The Morgan fingerprint density at radius 3 is 2.76 bits per heavy atom. The minimum absolute atomic E-state index is 0.773.